The van der Waals surface area contributed by atoms with Crippen LogP contribution in [0.2, 0.25) is 5.02 Å². The number of nitriles is 1. The van der Waals surface area contributed by atoms with Crippen molar-refractivity contribution in [2.45, 2.75) is 116 Å². The van der Waals surface area contributed by atoms with E-state index in [-0.39, 0.29) is 53.0 Å². The first-order chi connectivity index (χ1) is 27.7. The number of fused-ring (bicyclic) bond motifs is 3. The van der Waals surface area contributed by atoms with Crippen molar-refractivity contribution >= 4 is 40.9 Å². The van der Waals surface area contributed by atoms with Gasteiger partial charge in [0, 0.05) is 77.9 Å². The quantitative estimate of drug-likeness (QED) is 0.145. The minimum absolute atomic E-state index is 0.0848. The summed E-state index contributed by atoms with van der Waals surface area (Å²) in [5.74, 6) is -0.254. The molecule has 8 rings (SSSR count). The predicted molar refractivity (Wildman–Crippen MR) is 222 cm³/mol. The molecule has 3 saturated heterocycles. The number of benzene rings is 3. The Morgan fingerprint density at radius 1 is 0.931 bits per heavy atom. The summed E-state index contributed by atoms with van der Waals surface area (Å²) < 4.78 is 6.37. The smallest absolute Gasteiger partial charge is 0.255 e. The number of imide groups is 1. The molecule has 4 heterocycles. The number of nitrogens with one attached hydrogen (secondary N) is 2. The SMILES string of the molecule is CC1(C)[C@H](NC(=O)c2ccc(CCCCCCN3C[C@@H]4C[C@H]3CN4c3ccc4c(c3)CN(C3CCC(=O)NC3=O)C4=O)cc2)C(C)(C)[C@H]1Oc1ccc(C#N)c(Cl)c1. The van der Waals surface area contributed by atoms with E-state index in [1.807, 2.05) is 18.2 Å². The minimum Gasteiger partial charge on any atom is -0.489 e. The molecule has 0 aromatic heterocycles. The molecule has 1 unspecified atom stereocenters. The molecule has 58 heavy (non-hydrogen) atoms. The van der Waals surface area contributed by atoms with E-state index in [0.29, 0.717) is 52.5 Å². The number of piperidine rings is 1. The Bertz CT molecular complexity index is 2150. The second-order valence-electron chi connectivity index (χ2n) is 18.1. The number of halogens is 1. The maximum atomic E-state index is 13.4. The van der Waals surface area contributed by atoms with Crippen LogP contribution >= 0.6 is 11.6 Å². The van der Waals surface area contributed by atoms with Crippen LogP contribution in [0, 0.1) is 22.2 Å². The van der Waals surface area contributed by atoms with Gasteiger partial charge in [0.15, 0.2) is 0 Å². The third kappa shape index (κ3) is 7.46. The van der Waals surface area contributed by atoms with Crippen LogP contribution in [0.4, 0.5) is 5.69 Å². The van der Waals surface area contributed by atoms with Crippen LogP contribution in [0.3, 0.4) is 0 Å². The third-order valence-electron chi connectivity index (χ3n) is 13.5. The van der Waals surface area contributed by atoms with Crippen LogP contribution in [-0.2, 0) is 22.6 Å². The number of unbranched alkanes of at least 4 members (excludes halogenated alkanes) is 3. The lowest BCUT2D eigenvalue weighted by molar-refractivity contribution is -0.164. The highest BCUT2D eigenvalue weighted by molar-refractivity contribution is 6.31. The van der Waals surface area contributed by atoms with Crippen molar-refractivity contribution in [3.8, 4) is 11.8 Å². The van der Waals surface area contributed by atoms with Gasteiger partial charge in [-0.05, 0) is 92.2 Å². The van der Waals surface area contributed by atoms with Gasteiger partial charge in [0.05, 0.1) is 10.6 Å². The first-order valence-corrected chi connectivity index (χ1v) is 21.2. The molecular formula is C46H53ClN6O5. The molecule has 5 aliphatic rings. The second-order valence-corrected chi connectivity index (χ2v) is 18.5. The molecule has 0 radical (unpaired) electrons. The fraction of sp³-hybridized carbons (Fsp3) is 0.500. The Labute approximate surface area is 346 Å². The molecule has 12 heteroatoms. The van der Waals surface area contributed by atoms with E-state index in [1.54, 1.807) is 23.1 Å². The number of ether oxygens (including phenoxy) is 1. The van der Waals surface area contributed by atoms with Crippen LogP contribution < -0.4 is 20.3 Å². The van der Waals surface area contributed by atoms with E-state index in [2.05, 4.69) is 78.5 Å². The van der Waals surface area contributed by atoms with E-state index in [9.17, 15) is 24.4 Å². The standard InChI is InChI=1S/C46H53ClN6O5/c1-45(2)43(46(3,4)44(45)58-35-16-14-30(24-48)37(47)23-35)50-40(55)29-12-10-28(11-13-29)9-7-5-6-8-20-51-26-34-22-33(51)27-52(34)32-15-17-36-31(21-32)25-53(42(36)57)38-18-19-39(54)49-41(38)56/h10-17,21,23,33-34,38,43-44H,5-9,18-20,22,25-27H2,1-4H3,(H,50,55)(H,49,54,56)/t33-,34-,38?,43-,44-/m0/s1. The Morgan fingerprint density at radius 3 is 2.38 bits per heavy atom. The number of carbonyl (C=O) groups excluding carboxylic acids is 4. The molecule has 1 aliphatic carbocycles. The number of hydrogen-bond acceptors (Lipinski definition) is 8. The zero-order valence-corrected chi connectivity index (χ0v) is 34.6. The third-order valence-corrected chi connectivity index (χ3v) is 13.8. The molecular weight excluding hydrogens is 752 g/mol. The summed E-state index contributed by atoms with van der Waals surface area (Å²) in [6, 6.07) is 21.6. The van der Waals surface area contributed by atoms with Crippen LogP contribution in [0.1, 0.15) is 110 Å². The molecule has 4 aliphatic heterocycles. The van der Waals surface area contributed by atoms with E-state index in [0.717, 1.165) is 50.1 Å². The van der Waals surface area contributed by atoms with Gasteiger partial charge in [0.2, 0.25) is 11.8 Å². The predicted octanol–water partition coefficient (Wildman–Crippen LogP) is 6.65. The maximum Gasteiger partial charge on any atom is 0.255 e. The first-order valence-electron chi connectivity index (χ1n) is 20.8. The zero-order valence-electron chi connectivity index (χ0n) is 33.9. The first kappa shape index (κ1) is 39.9. The van der Waals surface area contributed by atoms with Gasteiger partial charge in [0.1, 0.15) is 24.0 Å². The number of anilines is 1. The normalized spacial score (nSPS) is 25.6. The molecule has 1 saturated carbocycles. The highest BCUT2D eigenvalue weighted by Crippen LogP contribution is 2.55. The van der Waals surface area contributed by atoms with E-state index in [1.165, 1.54) is 24.8 Å². The Morgan fingerprint density at radius 2 is 1.69 bits per heavy atom. The Hall–Kier alpha value is -4.92. The van der Waals surface area contributed by atoms with Crippen molar-refractivity contribution in [1.82, 2.24) is 20.4 Å². The molecule has 3 aromatic carbocycles. The Kier molecular flexibility index (Phi) is 10.8. The molecule has 3 aromatic rings. The van der Waals surface area contributed by atoms with Crippen LogP contribution in [0.15, 0.2) is 60.7 Å². The summed E-state index contributed by atoms with van der Waals surface area (Å²) in [5.41, 5.74) is 4.42. The van der Waals surface area contributed by atoms with Gasteiger partial charge in [-0.25, -0.2) is 0 Å². The van der Waals surface area contributed by atoms with Gasteiger partial charge < -0.3 is 19.9 Å². The van der Waals surface area contributed by atoms with E-state index < -0.39 is 6.04 Å². The van der Waals surface area contributed by atoms with Crippen molar-refractivity contribution in [2.24, 2.45) is 10.8 Å². The van der Waals surface area contributed by atoms with Gasteiger partial charge >= 0.3 is 0 Å². The monoisotopic (exact) mass is 804 g/mol. The fourth-order valence-corrected chi connectivity index (χ4v) is 10.9. The summed E-state index contributed by atoms with van der Waals surface area (Å²) >= 11 is 6.25. The number of carbonyl (C=O) groups is 4. The average molecular weight is 805 g/mol. The molecule has 4 fully saturated rings. The number of nitrogens with zero attached hydrogens (tertiary/aromatic N) is 4. The number of piperazine rings is 1. The van der Waals surface area contributed by atoms with Crippen molar-refractivity contribution in [3.05, 3.63) is 93.5 Å². The molecule has 0 spiro atoms. The van der Waals surface area contributed by atoms with Crippen molar-refractivity contribution in [1.29, 1.82) is 5.26 Å². The van der Waals surface area contributed by atoms with Crippen LogP contribution in [-0.4, -0.2) is 83.3 Å². The molecule has 4 amide bonds. The molecule has 11 nitrogen and oxygen atoms in total. The maximum absolute atomic E-state index is 13.4. The summed E-state index contributed by atoms with van der Waals surface area (Å²) in [4.78, 5) is 57.4. The summed E-state index contributed by atoms with van der Waals surface area (Å²) in [7, 11) is 0. The highest BCUT2D eigenvalue weighted by atomic mass is 35.5. The lowest BCUT2D eigenvalue weighted by Crippen LogP contribution is -2.74. The van der Waals surface area contributed by atoms with Crippen molar-refractivity contribution in [3.63, 3.8) is 0 Å². The summed E-state index contributed by atoms with van der Waals surface area (Å²) in [6.07, 6.45) is 7.28. The summed E-state index contributed by atoms with van der Waals surface area (Å²) in [5, 5.41) is 15.2. The molecule has 2 bridgehead atoms. The molecule has 304 valence electrons. The van der Waals surface area contributed by atoms with Crippen molar-refractivity contribution in [2.75, 3.05) is 24.5 Å². The number of hydrogen-bond donors (Lipinski definition) is 2. The lowest BCUT2D eigenvalue weighted by atomic mass is 9.49. The van der Waals surface area contributed by atoms with E-state index >= 15 is 0 Å². The van der Waals surface area contributed by atoms with Gasteiger partial charge in [0.25, 0.3) is 11.8 Å². The van der Waals surface area contributed by atoms with Crippen molar-refractivity contribution < 1.29 is 23.9 Å². The topological polar surface area (TPSA) is 135 Å². The lowest BCUT2D eigenvalue weighted by Gasteiger charge is -2.63. The number of likely N-dealkylation sites (tertiary alicyclic amines) is 1. The zero-order chi connectivity index (χ0) is 40.9. The van der Waals surface area contributed by atoms with Gasteiger partial charge in [-0.2, -0.15) is 5.26 Å². The minimum atomic E-state index is -0.593. The van der Waals surface area contributed by atoms with Gasteiger partial charge in [-0.1, -0.05) is 64.3 Å². The van der Waals surface area contributed by atoms with Gasteiger partial charge in [-0.3, -0.25) is 29.4 Å². The number of rotatable bonds is 13. The van der Waals surface area contributed by atoms with E-state index in [4.69, 9.17) is 16.3 Å². The highest BCUT2D eigenvalue weighted by Gasteiger charge is 2.64. The summed E-state index contributed by atoms with van der Waals surface area (Å²) in [6.45, 7) is 12.0. The molecule has 3 atom stereocenters. The number of amides is 4. The van der Waals surface area contributed by atoms with Gasteiger partial charge in [-0.15, -0.1) is 0 Å². The fourth-order valence-electron chi connectivity index (χ4n) is 10.7. The molecule has 2 N–H and O–H groups in total. The second kappa shape index (κ2) is 15.7. The Balaban J connectivity index is 0.740. The largest absolute Gasteiger partial charge is 0.489 e. The number of aryl methyl sites for hydroxylation is 1. The van der Waals surface area contributed by atoms with Crippen LogP contribution in [0.5, 0.6) is 5.75 Å². The van der Waals surface area contributed by atoms with Crippen LogP contribution in [0.25, 0.3) is 0 Å². The average Bonchev–Trinajstić information content (AvgIpc) is 3.90.